The van der Waals surface area contributed by atoms with Crippen molar-refractivity contribution in [1.82, 2.24) is 5.32 Å². The minimum Gasteiger partial charge on any atom is -0.467 e. The highest BCUT2D eigenvalue weighted by Gasteiger charge is 2.17. The van der Waals surface area contributed by atoms with Crippen LogP contribution in [0, 0.1) is 0 Å². The van der Waals surface area contributed by atoms with Crippen molar-refractivity contribution in [3.8, 4) is 0 Å². The zero-order valence-electron chi connectivity index (χ0n) is 16.1. The number of hydrogen-bond acceptors (Lipinski definition) is 3. The topological polar surface area (TPSA) is 71.3 Å². The van der Waals surface area contributed by atoms with Crippen LogP contribution in [0.4, 0.5) is 5.69 Å². The van der Waals surface area contributed by atoms with E-state index in [-0.39, 0.29) is 17.9 Å². The molecule has 0 saturated heterocycles. The molecule has 0 fully saturated rings. The van der Waals surface area contributed by atoms with Crippen molar-refractivity contribution >= 4 is 17.5 Å². The summed E-state index contributed by atoms with van der Waals surface area (Å²) in [6, 6.07) is 20.9. The Hall–Kier alpha value is -3.60. The lowest BCUT2D eigenvalue weighted by atomic mass is 10.0. The van der Waals surface area contributed by atoms with Gasteiger partial charge in [0, 0.05) is 12.1 Å². The number of rotatable bonds is 9. The molecule has 1 unspecified atom stereocenters. The van der Waals surface area contributed by atoms with Crippen LogP contribution >= 0.6 is 0 Å². The molecule has 0 aliphatic heterocycles. The Kier molecular flexibility index (Phi) is 7.00. The van der Waals surface area contributed by atoms with Crippen molar-refractivity contribution in [1.29, 1.82) is 0 Å². The van der Waals surface area contributed by atoms with E-state index in [1.165, 1.54) is 6.08 Å². The molecule has 2 N–H and O–H groups in total. The molecule has 3 aromatic rings. The molecular formula is C24H24N2O3. The van der Waals surface area contributed by atoms with Gasteiger partial charge in [0.15, 0.2) is 0 Å². The van der Waals surface area contributed by atoms with Gasteiger partial charge in [0.25, 0.3) is 0 Å². The van der Waals surface area contributed by atoms with Crippen molar-refractivity contribution in [2.24, 2.45) is 0 Å². The Morgan fingerprint density at radius 2 is 1.72 bits per heavy atom. The fourth-order valence-electron chi connectivity index (χ4n) is 3.03. The van der Waals surface area contributed by atoms with E-state index < -0.39 is 0 Å². The minimum absolute atomic E-state index is 0.0358. The van der Waals surface area contributed by atoms with Gasteiger partial charge in [-0.3, -0.25) is 9.59 Å². The summed E-state index contributed by atoms with van der Waals surface area (Å²) in [5, 5.41) is 5.78. The molecule has 2 aromatic carbocycles. The second-order valence-corrected chi connectivity index (χ2v) is 6.72. The normalized spacial score (nSPS) is 11.4. The summed E-state index contributed by atoms with van der Waals surface area (Å²) >= 11 is 0. The van der Waals surface area contributed by atoms with Gasteiger partial charge in [-0.15, -0.1) is 0 Å². The van der Waals surface area contributed by atoms with Crippen molar-refractivity contribution in [2.75, 3.05) is 5.32 Å². The number of amides is 2. The van der Waals surface area contributed by atoms with Gasteiger partial charge in [-0.05, 0) is 54.3 Å². The van der Waals surface area contributed by atoms with Crippen molar-refractivity contribution in [2.45, 2.75) is 25.3 Å². The van der Waals surface area contributed by atoms with Crippen molar-refractivity contribution in [3.05, 3.63) is 103 Å². The maximum absolute atomic E-state index is 12.5. The molecule has 0 aliphatic carbocycles. The highest BCUT2D eigenvalue weighted by atomic mass is 16.3. The molecule has 5 nitrogen and oxygen atoms in total. The number of carbonyl (C=O) groups excluding carboxylic acids is 2. The number of furan rings is 1. The summed E-state index contributed by atoms with van der Waals surface area (Å²) in [5.74, 6) is 0.454. The first-order chi connectivity index (χ1) is 14.1. The predicted molar refractivity (Wildman–Crippen MR) is 113 cm³/mol. The lowest BCUT2D eigenvalue weighted by Crippen LogP contribution is -2.29. The third-order valence-corrected chi connectivity index (χ3v) is 4.55. The van der Waals surface area contributed by atoms with E-state index in [0.29, 0.717) is 24.9 Å². The molecule has 0 bridgehead atoms. The number of nitrogens with one attached hydrogen (secondary N) is 2. The molecule has 1 atom stereocenters. The van der Waals surface area contributed by atoms with Crippen LogP contribution in [0.2, 0.25) is 0 Å². The smallest absolute Gasteiger partial charge is 0.247 e. The summed E-state index contributed by atoms with van der Waals surface area (Å²) < 4.78 is 5.53. The van der Waals surface area contributed by atoms with E-state index in [9.17, 15) is 9.59 Å². The third-order valence-electron chi connectivity index (χ3n) is 4.55. The number of hydrogen-bond donors (Lipinski definition) is 2. The van der Waals surface area contributed by atoms with E-state index in [2.05, 4.69) is 17.2 Å². The summed E-state index contributed by atoms with van der Waals surface area (Å²) in [6.45, 7) is 3.43. The summed E-state index contributed by atoms with van der Waals surface area (Å²) in [4.78, 5) is 23.9. The third kappa shape index (κ3) is 6.21. The first kappa shape index (κ1) is 20.1. The van der Waals surface area contributed by atoms with Crippen molar-refractivity contribution < 1.29 is 14.0 Å². The number of benzene rings is 2. The van der Waals surface area contributed by atoms with Gasteiger partial charge in [0.05, 0.1) is 12.3 Å². The fraction of sp³-hybridized carbons (Fsp3) is 0.167. The molecule has 5 heteroatoms. The number of anilines is 1. The van der Waals surface area contributed by atoms with E-state index in [4.69, 9.17) is 4.42 Å². The Bertz CT molecular complexity index is 932. The van der Waals surface area contributed by atoms with Gasteiger partial charge >= 0.3 is 0 Å². The SMILES string of the molecule is C=CC(=O)Nc1ccc(CCC(=O)NC(Cc2ccccc2)c2ccco2)cc1. The second kappa shape index (κ2) is 10.1. The number of carbonyl (C=O) groups is 2. The molecule has 0 saturated carbocycles. The Morgan fingerprint density at radius 3 is 2.38 bits per heavy atom. The molecule has 148 valence electrons. The highest BCUT2D eigenvalue weighted by Crippen LogP contribution is 2.19. The van der Waals surface area contributed by atoms with Crippen LogP contribution in [0.15, 0.2) is 90.1 Å². The zero-order chi connectivity index (χ0) is 20.5. The predicted octanol–water partition coefficient (Wildman–Crippen LogP) is 4.44. The van der Waals surface area contributed by atoms with Crippen LogP contribution < -0.4 is 10.6 Å². The van der Waals surface area contributed by atoms with Gasteiger partial charge in [-0.25, -0.2) is 0 Å². The summed E-state index contributed by atoms with van der Waals surface area (Å²) in [6.07, 6.45) is 4.48. The Labute approximate surface area is 170 Å². The Morgan fingerprint density at radius 1 is 0.966 bits per heavy atom. The van der Waals surface area contributed by atoms with Gasteiger partial charge in [0.1, 0.15) is 5.76 Å². The largest absolute Gasteiger partial charge is 0.467 e. The lowest BCUT2D eigenvalue weighted by Gasteiger charge is -2.17. The fourth-order valence-corrected chi connectivity index (χ4v) is 3.03. The molecule has 2 amide bonds. The maximum atomic E-state index is 12.5. The molecule has 29 heavy (non-hydrogen) atoms. The van der Waals surface area contributed by atoms with Crippen LogP contribution in [0.3, 0.4) is 0 Å². The van der Waals surface area contributed by atoms with Gasteiger partial charge in [-0.1, -0.05) is 49.0 Å². The molecule has 0 spiro atoms. The average Bonchev–Trinajstić information content (AvgIpc) is 3.28. The quantitative estimate of drug-likeness (QED) is 0.533. The molecule has 3 rings (SSSR count). The summed E-state index contributed by atoms with van der Waals surface area (Å²) in [5.41, 5.74) is 2.85. The Balaban J connectivity index is 1.56. The van der Waals surface area contributed by atoms with E-state index in [1.54, 1.807) is 6.26 Å². The van der Waals surface area contributed by atoms with Crippen LogP contribution in [-0.2, 0) is 22.4 Å². The van der Waals surface area contributed by atoms with Crippen LogP contribution in [0.5, 0.6) is 0 Å². The molecule has 0 radical (unpaired) electrons. The van der Waals surface area contributed by atoms with Gasteiger partial charge in [-0.2, -0.15) is 0 Å². The van der Waals surface area contributed by atoms with Crippen molar-refractivity contribution in [3.63, 3.8) is 0 Å². The first-order valence-corrected chi connectivity index (χ1v) is 9.53. The molecule has 1 heterocycles. The zero-order valence-corrected chi connectivity index (χ0v) is 16.1. The second-order valence-electron chi connectivity index (χ2n) is 6.72. The average molecular weight is 388 g/mol. The van der Waals surface area contributed by atoms with Crippen LogP contribution in [0.1, 0.15) is 29.3 Å². The van der Waals surface area contributed by atoms with Gasteiger partial charge in [0.2, 0.25) is 11.8 Å². The molecule has 1 aromatic heterocycles. The van der Waals surface area contributed by atoms with Crippen LogP contribution in [-0.4, -0.2) is 11.8 Å². The summed E-state index contributed by atoms with van der Waals surface area (Å²) in [7, 11) is 0. The monoisotopic (exact) mass is 388 g/mol. The standard InChI is InChI=1S/C24H24N2O3/c1-2-23(27)25-20-13-10-18(11-14-20)12-15-24(28)26-21(22-9-6-16-29-22)17-19-7-4-3-5-8-19/h2-11,13-14,16,21H,1,12,15,17H2,(H,25,27)(H,26,28). The molecular weight excluding hydrogens is 364 g/mol. The lowest BCUT2D eigenvalue weighted by molar-refractivity contribution is -0.122. The van der Waals surface area contributed by atoms with Crippen LogP contribution in [0.25, 0.3) is 0 Å². The number of aryl methyl sites for hydroxylation is 1. The van der Waals surface area contributed by atoms with E-state index in [0.717, 1.165) is 16.9 Å². The molecule has 0 aliphatic rings. The first-order valence-electron chi connectivity index (χ1n) is 9.53. The minimum atomic E-state index is -0.250. The van der Waals surface area contributed by atoms with E-state index >= 15 is 0 Å². The maximum Gasteiger partial charge on any atom is 0.247 e. The highest BCUT2D eigenvalue weighted by molar-refractivity contribution is 5.98. The van der Waals surface area contributed by atoms with Gasteiger partial charge < -0.3 is 15.1 Å². The van der Waals surface area contributed by atoms with E-state index in [1.807, 2.05) is 66.7 Å².